The number of benzene rings is 1. The Balaban J connectivity index is 0.00000280. The number of rotatable bonds is 9. The molecule has 1 saturated heterocycles. The second kappa shape index (κ2) is 12.8. The third-order valence-corrected chi connectivity index (χ3v) is 4.77. The zero-order valence-corrected chi connectivity index (χ0v) is 19.0. The van der Waals surface area contributed by atoms with Gasteiger partial charge in [0.25, 0.3) is 0 Å². The van der Waals surface area contributed by atoms with Gasteiger partial charge in [-0.05, 0) is 30.5 Å². The van der Waals surface area contributed by atoms with Gasteiger partial charge in [0.2, 0.25) is 0 Å². The van der Waals surface area contributed by atoms with Gasteiger partial charge in [-0.3, -0.25) is 4.99 Å². The average Bonchev–Trinajstić information content (AvgIpc) is 3.37. The highest BCUT2D eigenvalue weighted by atomic mass is 127. The van der Waals surface area contributed by atoms with Gasteiger partial charge in [0, 0.05) is 38.5 Å². The summed E-state index contributed by atoms with van der Waals surface area (Å²) < 4.78 is 11.4. The molecule has 0 amide bonds. The van der Waals surface area contributed by atoms with Gasteiger partial charge in [-0.1, -0.05) is 37.3 Å². The summed E-state index contributed by atoms with van der Waals surface area (Å²) in [5.74, 6) is 2.59. The highest BCUT2D eigenvalue weighted by Crippen LogP contribution is 2.17. The van der Waals surface area contributed by atoms with E-state index in [0.717, 1.165) is 63.8 Å². The number of likely N-dealkylation sites (tertiary alicyclic amines) is 1. The van der Waals surface area contributed by atoms with Crippen molar-refractivity contribution >= 4 is 29.9 Å². The molecule has 1 atom stereocenters. The number of hydrogen-bond donors (Lipinski definition) is 1. The molecule has 28 heavy (non-hydrogen) atoms. The number of hydrogen-bond acceptors (Lipinski definition) is 3. The summed E-state index contributed by atoms with van der Waals surface area (Å²) in [5, 5.41) is 3.51. The van der Waals surface area contributed by atoms with Crippen LogP contribution in [0.25, 0.3) is 0 Å². The highest BCUT2D eigenvalue weighted by Gasteiger charge is 2.25. The second-order valence-corrected chi connectivity index (χ2v) is 7.06. The zero-order valence-electron chi connectivity index (χ0n) is 16.7. The molecular weight excluding hydrogens is 465 g/mol. The van der Waals surface area contributed by atoms with E-state index in [1.807, 2.05) is 18.2 Å². The van der Waals surface area contributed by atoms with Crippen LogP contribution in [-0.4, -0.2) is 43.6 Å². The number of nitrogens with one attached hydrogen (secondary N) is 1. The number of halogens is 1. The molecule has 154 valence electrons. The van der Waals surface area contributed by atoms with E-state index in [4.69, 9.17) is 14.1 Å². The summed E-state index contributed by atoms with van der Waals surface area (Å²) in [6.45, 7) is 7.39. The van der Waals surface area contributed by atoms with E-state index in [-0.39, 0.29) is 24.0 Å². The van der Waals surface area contributed by atoms with Crippen molar-refractivity contribution in [1.29, 1.82) is 0 Å². The van der Waals surface area contributed by atoms with Gasteiger partial charge < -0.3 is 19.4 Å². The molecule has 2 heterocycles. The summed E-state index contributed by atoms with van der Waals surface area (Å²) in [7, 11) is 0. The minimum atomic E-state index is 0. The van der Waals surface area contributed by atoms with E-state index in [1.54, 1.807) is 6.26 Å². The van der Waals surface area contributed by atoms with Gasteiger partial charge >= 0.3 is 0 Å². The number of nitrogens with zero attached hydrogens (tertiary/aromatic N) is 2. The van der Waals surface area contributed by atoms with Gasteiger partial charge in [0.1, 0.15) is 5.76 Å². The van der Waals surface area contributed by atoms with E-state index < -0.39 is 0 Å². The van der Waals surface area contributed by atoms with E-state index >= 15 is 0 Å². The molecule has 1 fully saturated rings. The molecule has 0 aliphatic carbocycles. The molecule has 6 heteroatoms. The van der Waals surface area contributed by atoms with Gasteiger partial charge in [-0.15, -0.1) is 24.0 Å². The molecule has 1 aliphatic heterocycles. The Bertz CT molecular complexity index is 676. The van der Waals surface area contributed by atoms with Crippen molar-refractivity contribution in [3.05, 3.63) is 60.1 Å². The Hall–Kier alpha value is -1.54. The first-order valence-electron chi connectivity index (χ1n) is 10.0. The van der Waals surface area contributed by atoms with Crippen LogP contribution < -0.4 is 5.32 Å². The second-order valence-electron chi connectivity index (χ2n) is 7.06. The van der Waals surface area contributed by atoms with Crippen LogP contribution in [0, 0.1) is 5.92 Å². The van der Waals surface area contributed by atoms with Gasteiger partial charge in [-0.2, -0.15) is 0 Å². The SMILES string of the molecule is CCCN=C(NCCc1ccco1)N1CCC(COCc2ccccc2)C1.I. The number of aliphatic imine (C=N–C) groups is 1. The Kier molecular flexibility index (Phi) is 10.4. The minimum Gasteiger partial charge on any atom is -0.469 e. The maximum Gasteiger partial charge on any atom is 0.193 e. The monoisotopic (exact) mass is 497 g/mol. The molecule has 1 aliphatic rings. The van der Waals surface area contributed by atoms with Crippen LogP contribution in [0.4, 0.5) is 0 Å². The van der Waals surface area contributed by atoms with Crippen LogP contribution in [0.1, 0.15) is 31.1 Å². The van der Waals surface area contributed by atoms with E-state index in [1.165, 1.54) is 5.56 Å². The molecule has 1 aromatic heterocycles. The van der Waals surface area contributed by atoms with Crippen LogP contribution in [-0.2, 0) is 17.8 Å². The first-order valence-corrected chi connectivity index (χ1v) is 10.0. The average molecular weight is 497 g/mol. The van der Waals surface area contributed by atoms with Crippen LogP contribution in [0.15, 0.2) is 58.1 Å². The summed E-state index contributed by atoms with van der Waals surface area (Å²) in [5.41, 5.74) is 1.23. The predicted octanol–water partition coefficient (Wildman–Crippen LogP) is 4.33. The van der Waals surface area contributed by atoms with Crippen molar-refractivity contribution < 1.29 is 9.15 Å². The Morgan fingerprint density at radius 2 is 2.11 bits per heavy atom. The van der Waals surface area contributed by atoms with Gasteiger partial charge in [-0.25, -0.2) is 0 Å². The fraction of sp³-hybridized carbons (Fsp3) is 0.500. The van der Waals surface area contributed by atoms with Crippen molar-refractivity contribution in [2.75, 3.05) is 32.8 Å². The van der Waals surface area contributed by atoms with Crippen molar-refractivity contribution in [1.82, 2.24) is 10.2 Å². The first kappa shape index (κ1) is 22.7. The normalized spacial score (nSPS) is 16.8. The number of furan rings is 1. The standard InChI is InChI=1S/C22H31N3O2.HI/c1-2-12-23-22(24-13-10-21-9-6-15-27-21)25-14-11-20(16-25)18-26-17-19-7-4-3-5-8-19;/h3-9,15,20H,2,10-14,16-18H2,1H3,(H,23,24);1H. The Morgan fingerprint density at radius 3 is 2.86 bits per heavy atom. The lowest BCUT2D eigenvalue weighted by molar-refractivity contribution is 0.0906. The Morgan fingerprint density at radius 1 is 1.25 bits per heavy atom. The topological polar surface area (TPSA) is 50.0 Å². The first-order chi connectivity index (χ1) is 13.3. The molecule has 0 spiro atoms. The largest absolute Gasteiger partial charge is 0.469 e. The third-order valence-electron chi connectivity index (χ3n) is 4.77. The molecule has 0 bridgehead atoms. The van der Waals surface area contributed by atoms with E-state index in [0.29, 0.717) is 12.5 Å². The van der Waals surface area contributed by atoms with E-state index in [2.05, 4.69) is 41.4 Å². The molecular formula is C22H32IN3O2. The van der Waals surface area contributed by atoms with Crippen molar-refractivity contribution in [2.45, 2.75) is 32.8 Å². The van der Waals surface area contributed by atoms with E-state index in [9.17, 15) is 0 Å². The minimum absolute atomic E-state index is 0. The van der Waals surface area contributed by atoms with Gasteiger partial charge in [0.15, 0.2) is 5.96 Å². The summed E-state index contributed by atoms with van der Waals surface area (Å²) in [4.78, 5) is 7.13. The number of guanidine groups is 1. The molecule has 1 N–H and O–H groups in total. The summed E-state index contributed by atoms with van der Waals surface area (Å²) in [6, 6.07) is 14.3. The van der Waals surface area contributed by atoms with Crippen LogP contribution in [0.2, 0.25) is 0 Å². The van der Waals surface area contributed by atoms with Crippen LogP contribution in [0.3, 0.4) is 0 Å². The summed E-state index contributed by atoms with van der Waals surface area (Å²) >= 11 is 0. The van der Waals surface area contributed by atoms with Crippen molar-refractivity contribution in [3.63, 3.8) is 0 Å². The molecule has 5 nitrogen and oxygen atoms in total. The molecule has 2 aromatic rings. The lowest BCUT2D eigenvalue weighted by Gasteiger charge is -2.22. The lowest BCUT2D eigenvalue weighted by atomic mass is 10.1. The summed E-state index contributed by atoms with van der Waals surface area (Å²) in [6.07, 6.45) is 4.80. The third kappa shape index (κ3) is 7.47. The fourth-order valence-electron chi connectivity index (χ4n) is 3.32. The van der Waals surface area contributed by atoms with Crippen LogP contribution >= 0.6 is 24.0 Å². The molecule has 1 aromatic carbocycles. The van der Waals surface area contributed by atoms with Crippen molar-refractivity contribution in [2.24, 2.45) is 10.9 Å². The fourth-order valence-corrected chi connectivity index (χ4v) is 3.32. The maximum absolute atomic E-state index is 5.94. The Labute approximate surface area is 185 Å². The molecule has 1 unspecified atom stereocenters. The molecule has 3 rings (SSSR count). The zero-order chi connectivity index (χ0) is 18.7. The van der Waals surface area contributed by atoms with Gasteiger partial charge in [0.05, 0.1) is 19.5 Å². The van der Waals surface area contributed by atoms with Crippen LogP contribution in [0.5, 0.6) is 0 Å². The molecule has 0 radical (unpaired) electrons. The predicted molar refractivity (Wildman–Crippen MR) is 124 cm³/mol. The number of ether oxygens (including phenoxy) is 1. The van der Waals surface area contributed by atoms with Crippen molar-refractivity contribution in [3.8, 4) is 0 Å². The lowest BCUT2D eigenvalue weighted by Crippen LogP contribution is -2.41. The smallest absolute Gasteiger partial charge is 0.193 e. The highest BCUT2D eigenvalue weighted by molar-refractivity contribution is 14.0. The quantitative estimate of drug-likeness (QED) is 0.318. The maximum atomic E-state index is 5.94. The molecule has 0 saturated carbocycles.